The minimum absolute atomic E-state index is 0.0777. The standard InChI is InChI=1S/C17H26N4O2/c22-17(20-8-3-4-9-20)16-19-18-15-14(5-1-2-10-21(15)16)13-6-11-23-12-7-13/h13-14H,1-12H2. The van der Waals surface area contributed by atoms with Gasteiger partial charge in [0.15, 0.2) is 0 Å². The second kappa shape index (κ2) is 6.59. The molecule has 3 aliphatic rings. The van der Waals surface area contributed by atoms with Gasteiger partial charge in [0.1, 0.15) is 5.82 Å². The summed E-state index contributed by atoms with van der Waals surface area (Å²) in [7, 11) is 0. The molecule has 126 valence electrons. The van der Waals surface area contributed by atoms with Crippen LogP contribution in [-0.4, -0.2) is 51.9 Å². The van der Waals surface area contributed by atoms with Gasteiger partial charge < -0.3 is 14.2 Å². The molecule has 2 saturated heterocycles. The van der Waals surface area contributed by atoms with Gasteiger partial charge in [0.2, 0.25) is 5.82 Å². The van der Waals surface area contributed by atoms with Crippen molar-refractivity contribution in [2.75, 3.05) is 26.3 Å². The number of hydrogen-bond donors (Lipinski definition) is 0. The number of nitrogens with zero attached hydrogens (tertiary/aromatic N) is 4. The lowest BCUT2D eigenvalue weighted by Gasteiger charge is -2.29. The first kappa shape index (κ1) is 15.1. The molecule has 1 atom stereocenters. The lowest BCUT2D eigenvalue weighted by molar-refractivity contribution is 0.0556. The molecule has 1 unspecified atom stereocenters. The summed E-state index contributed by atoms with van der Waals surface area (Å²) >= 11 is 0. The highest BCUT2D eigenvalue weighted by molar-refractivity contribution is 5.91. The fourth-order valence-electron chi connectivity index (χ4n) is 4.36. The number of hydrogen-bond acceptors (Lipinski definition) is 4. The van der Waals surface area contributed by atoms with E-state index in [2.05, 4.69) is 14.8 Å². The van der Waals surface area contributed by atoms with Crippen molar-refractivity contribution >= 4 is 5.91 Å². The first-order chi connectivity index (χ1) is 11.3. The second-order valence-corrected chi connectivity index (χ2v) is 7.08. The zero-order valence-electron chi connectivity index (χ0n) is 13.7. The van der Waals surface area contributed by atoms with Gasteiger partial charge in [-0.2, -0.15) is 0 Å². The molecule has 0 bridgehead atoms. The van der Waals surface area contributed by atoms with Crippen molar-refractivity contribution in [1.29, 1.82) is 0 Å². The Morgan fingerprint density at radius 2 is 1.70 bits per heavy atom. The molecule has 2 fully saturated rings. The first-order valence-corrected chi connectivity index (χ1v) is 9.14. The Balaban J connectivity index is 1.62. The van der Waals surface area contributed by atoms with E-state index in [9.17, 15) is 4.79 Å². The average molecular weight is 318 g/mol. The molecule has 0 N–H and O–H groups in total. The van der Waals surface area contributed by atoms with Crippen LogP contribution < -0.4 is 0 Å². The lowest BCUT2D eigenvalue weighted by atomic mass is 9.82. The van der Waals surface area contributed by atoms with Crippen LogP contribution in [0.5, 0.6) is 0 Å². The minimum atomic E-state index is 0.0777. The molecule has 1 amide bonds. The summed E-state index contributed by atoms with van der Waals surface area (Å²) in [5.74, 6) is 2.76. The van der Waals surface area contributed by atoms with Crippen LogP contribution in [0.15, 0.2) is 0 Å². The smallest absolute Gasteiger partial charge is 0.291 e. The van der Waals surface area contributed by atoms with Crippen molar-refractivity contribution in [3.63, 3.8) is 0 Å². The number of ether oxygens (including phenoxy) is 1. The van der Waals surface area contributed by atoms with Gasteiger partial charge in [-0.3, -0.25) is 4.79 Å². The van der Waals surface area contributed by atoms with E-state index in [-0.39, 0.29) is 5.91 Å². The van der Waals surface area contributed by atoms with E-state index in [4.69, 9.17) is 4.74 Å². The Kier molecular flexibility index (Phi) is 4.33. The third-order valence-electron chi connectivity index (χ3n) is 5.68. The Hall–Kier alpha value is -1.43. The highest BCUT2D eigenvalue weighted by Crippen LogP contribution is 2.37. The van der Waals surface area contributed by atoms with E-state index in [1.54, 1.807) is 0 Å². The maximum Gasteiger partial charge on any atom is 0.291 e. The third kappa shape index (κ3) is 2.89. The summed E-state index contributed by atoms with van der Waals surface area (Å²) in [6, 6.07) is 0. The first-order valence-electron chi connectivity index (χ1n) is 9.14. The van der Waals surface area contributed by atoms with Gasteiger partial charge >= 0.3 is 0 Å². The quantitative estimate of drug-likeness (QED) is 0.839. The Labute approximate surface area is 137 Å². The molecule has 1 aromatic rings. The Morgan fingerprint density at radius 1 is 0.957 bits per heavy atom. The topological polar surface area (TPSA) is 60.3 Å². The molecule has 1 aromatic heterocycles. The maximum atomic E-state index is 12.8. The molecular formula is C17H26N4O2. The highest BCUT2D eigenvalue weighted by Gasteiger charge is 2.34. The van der Waals surface area contributed by atoms with E-state index in [0.717, 1.165) is 70.8 Å². The molecule has 6 heteroatoms. The Bertz CT molecular complexity index is 559. The zero-order valence-corrected chi connectivity index (χ0v) is 13.7. The summed E-state index contributed by atoms with van der Waals surface area (Å²) in [5.41, 5.74) is 0. The van der Waals surface area contributed by atoms with Gasteiger partial charge in [-0.1, -0.05) is 6.42 Å². The van der Waals surface area contributed by atoms with Crippen LogP contribution >= 0.6 is 0 Å². The van der Waals surface area contributed by atoms with Crippen LogP contribution in [0.1, 0.15) is 67.3 Å². The van der Waals surface area contributed by atoms with Gasteiger partial charge in [0.05, 0.1) is 0 Å². The van der Waals surface area contributed by atoms with E-state index in [0.29, 0.717) is 17.7 Å². The largest absolute Gasteiger partial charge is 0.381 e. The molecule has 0 aliphatic carbocycles. The van der Waals surface area contributed by atoms with Gasteiger partial charge in [-0.25, -0.2) is 0 Å². The number of fused-ring (bicyclic) bond motifs is 1. The van der Waals surface area contributed by atoms with E-state index in [1.165, 1.54) is 12.8 Å². The van der Waals surface area contributed by atoms with E-state index < -0.39 is 0 Å². The molecule has 0 spiro atoms. The predicted octanol–water partition coefficient (Wildman–Crippen LogP) is 2.21. The molecule has 4 heterocycles. The third-order valence-corrected chi connectivity index (χ3v) is 5.68. The van der Waals surface area contributed by atoms with Gasteiger partial charge in [0, 0.05) is 38.8 Å². The van der Waals surface area contributed by atoms with E-state index in [1.807, 2.05) is 4.90 Å². The zero-order chi connectivity index (χ0) is 15.6. The van der Waals surface area contributed by atoms with Crippen molar-refractivity contribution in [3.05, 3.63) is 11.6 Å². The van der Waals surface area contributed by atoms with Crippen molar-refractivity contribution in [2.45, 2.75) is 57.4 Å². The van der Waals surface area contributed by atoms with Crippen LogP contribution in [0, 0.1) is 5.92 Å². The van der Waals surface area contributed by atoms with Crippen LogP contribution in [0.25, 0.3) is 0 Å². The summed E-state index contributed by atoms with van der Waals surface area (Å²) in [6.07, 6.45) is 7.92. The fraction of sp³-hybridized carbons (Fsp3) is 0.824. The molecule has 23 heavy (non-hydrogen) atoms. The number of aromatic nitrogens is 3. The molecular weight excluding hydrogens is 292 g/mol. The number of carbonyl (C=O) groups excluding carboxylic acids is 1. The van der Waals surface area contributed by atoms with Gasteiger partial charge in [-0.05, 0) is 44.4 Å². The number of rotatable bonds is 2. The van der Waals surface area contributed by atoms with E-state index >= 15 is 0 Å². The summed E-state index contributed by atoms with van der Waals surface area (Å²) < 4.78 is 7.65. The van der Waals surface area contributed by atoms with Crippen LogP contribution in [0.3, 0.4) is 0 Å². The molecule has 0 aromatic carbocycles. The van der Waals surface area contributed by atoms with Crippen LogP contribution in [-0.2, 0) is 11.3 Å². The second-order valence-electron chi connectivity index (χ2n) is 7.08. The maximum absolute atomic E-state index is 12.8. The normalized spacial score (nSPS) is 26.1. The van der Waals surface area contributed by atoms with Gasteiger partial charge in [0.25, 0.3) is 5.91 Å². The summed E-state index contributed by atoms with van der Waals surface area (Å²) in [5, 5.41) is 8.81. The summed E-state index contributed by atoms with van der Waals surface area (Å²) in [6.45, 7) is 4.33. The molecule has 0 saturated carbocycles. The van der Waals surface area contributed by atoms with Gasteiger partial charge in [-0.15, -0.1) is 10.2 Å². The van der Waals surface area contributed by atoms with Crippen LogP contribution in [0.2, 0.25) is 0 Å². The van der Waals surface area contributed by atoms with Crippen molar-refractivity contribution in [3.8, 4) is 0 Å². The summed E-state index contributed by atoms with van der Waals surface area (Å²) in [4.78, 5) is 14.7. The average Bonchev–Trinajstić information content (AvgIpc) is 3.22. The number of likely N-dealkylation sites (tertiary alicyclic amines) is 1. The molecule has 4 rings (SSSR count). The fourth-order valence-corrected chi connectivity index (χ4v) is 4.36. The predicted molar refractivity (Wildman–Crippen MR) is 85.3 cm³/mol. The van der Waals surface area contributed by atoms with Crippen LogP contribution in [0.4, 0.5) is 0 Å². The monoisotopic (exact) mass is 318 g/mol. The lowest BCUT2D eigenvalue weighted by Crippen LogP contribution is -2.31. The molecule has 6 nitrogen and oxygen atoms in total. The Morgan fingerprint density at radius 3 is 2.48 bits per heavy atom. The SMILES string of the molecule is O=C(c1nnc2n1CCCCC2C1CCOCC1)N1CCCC1. The van der Waals surface area contributed by atoms with Crippen molar-refractivity contribution < 1.29 is 9.53 Å². The minimum Gasteiger partial charge on any atom is -0.381 e. The number of amides is 1. The number of carbonyl (C=O) groups is 1. The molecule has 0 radical (unpaired) electrons. The highest BCUT2D eigenvalue weighted by atomic mass is 16.5. The molecule has 3 aliphatic heterocycles. The van der Waals surface area contributed by atoms with Crippen molar-refractivity contribution in [1.82, 2.24) is 19.7 Å². The van der Waals surface area contributed by atoms with Crippen molar-refractivity contribution in [2.24, 2.45) is 5.92 Å².